The highest BCUT2D eigenvalue weighted by molar-refractivity contribution is 5.84. The van der Waals surface area contributed by atoms with E-state index < -0.39 is 5.41 Å². The van der Waals surface area contributed by atoms with Gasteiger partial charge in [-0.3, -0.25) is 9.79 Å². The van der Waals surface area contributed by atoms with Crippen LogP contribution in [0.4, 0.5) is 0 Å². The summed E-state index contributed by atoms with van der Waals surface area (Å²) in [6.07, 6.45) is 0.824. The number of para-hydroxylation sites is 1. The Hall–Kier alpha value is -2.24. The van der Waals surface area contributed by atoms with Crippen molar-refractivity contribution in [3.8, 4) is 5.75 Å². The van der Waals surface area contributed by atoms with Crippen molar-refractivity contribution in [3.63, 3.8) is 0 Å². The molecule has 0 fully saturated rings. The monoisotopic (exact) mass is 334 g/mol. The molecule has 6 nitrogen and oxygen atoms in total. The van der Waals surface area contributed by atoms with E-state index in [1.165, 1.54) is 0 Å². The highest BCUT2D eigenvalue weighted by atomic mass is 16.5. The Morgan fingerprint density at radius 3 is 2.54 bits per heavy atom. The van der Waals surface area contributed by atoms with E-state index >= 15 is 0 Å². The molecule has 0 saturated carbocycles. The number of guanidine groups is 1. The van der Waals surface area contributed by atoms with E-state index in [1.54, 1.807) is 14.2 Å². The van der Waals surface area contributed by atoms with Crippen LogP contribution in [-0.4, -0.2) is 45.7 Å². The molecular formula is C18H30N4O2. The van der Waals surface area contributed by atoms with Gasteiger partial charge >= 0.3 is 0 Å². The minimum Gasteiger partial charge on any atom is -0.496 e. The van der Waals surface area contributed by atoms with Crippen LogP contribution in [0.2, 0.25) is 0 Å². The zero-order chi connectivity index (χ0) is 18.0. The zero-order valence-corrected chi connectivity index (χ0v) is 15.4. The fourth-order valence-corrected chi connectivity index (χ4v) is 2.23. The Labute approximate surface area is 145 Å². The van der Waals surface area contributed by atoms with Crippen molar-refractivity contribution in [1.29, 1.82) is 0 Å². The molecule has 1 rings (SSSR count). The summed E-state index contributed by atoms with van der Waals surface area (Å²) in [5.41, 5.74) is 0.640. The van der Waals surface area contributed by atoms with E-state index in [9.17, 15) is 4.79 Å². The van der Waals surface area contributed by atoms with Crippen LogP contribution < -0.4 is 20.7 Å². The molecule has 0 radical (unpaired) electrons. The molecule has 24 heavy (non-hydrogen) atoms. The standard InChI is InChI=1S/C18H30N4O2/c1-6-20-16(23)18(2,3)13-22-17(19-4)21-12-11-14-9-7-8-10-15(14)24-5/h7-10H,6,11-13H2,1-5H3,(H,20,23)(H2,19,21,22). The first-order valence-corrected chi connectivity index (χ1v) is 8.29. The first-order valence-electron chi connectivity index (χ1n) is 8.29. The van der Waals surface area contributed by atoms with Crippen molar-refractivity contribution in [3.05, 3.63) is 29.8 Å². The molecule has 0 saturated heterocycles. The van der Waals surface area contributed by atoms with E-state index in [2.05, 4.69) is 27.0 Å². The quantitative estimate of drug-likeness (QED) is 0.498. The number of ether oxygens (including phenoxy) is 1. The summed E-state index contributed by atoms with van der Waals surface area (Å²) in [6, 6.07) is 7.96. The lowest BCUT2D eigenvalue weighted by Gasteiger charge is -2.24. The van der Waals surface area contributed by atoms with Crippen LogP contribution in [0, 0.1) is 5.41 Å². The number of amides is 1. The fraction of sp³-hybridized carbons (Fsp3) is 0.556. The number of nitrogens with one attached hydrogen (secondary N) is 3. The largest absolute Gasteiger partial charge is 0.496 e. The lowest BCUT2D eigenvalue weighted by molar-refractivity contribution is -0.128. The van der Waals surface area contributed by atoms with Crippen LogP contribution in [0.3, 0.4) is 0 Å². The second kappa shape index (κ2) is 9.80. The highest BCUT2D eigenvalue weighted by Crippen LogP contribution is 2.17. The van der Waals surface area contributed by atoms with Gasteiger partial charge in [-0.05, 0) is 38.8 Å². The highest BCUT2D eigenvalue weighted by Gasteiger charge is 2.27. The van der Waals surface area contributed by atoms with E-state index in [0.717, 1.165) is 24.3 Å². The summed E-state index contributed by atoms with van der Waals surface area (Å²) in [5, 5.41) is 9.33. The summed E-state index contributed by atoms with van der Waals surface area (Å²) in [4.78, 5) is 16.2. The molecule has 0 heterocycles. The average molecular weight is 334 g/mol. The smallest absolute Gasteiger partial charge is 0.227 e. The summed E-state index contributed by atoms with van der Waals surface area (Å²) >= 11 is 0. The molecule has 134 valence electrons. The van der Waals surface area contributed by atoms with Gasteiger partial charge in [0.1, 0.15) is 5.75 Å². The van der Waals surface area contributed by atoms with Crippen LogP contribution in [-0.2, 0) is 11.2 Å². The minimum atomic E-state index is -0.504. The summed E-state index contributed by atoms with van der Waals surface area (Å²) in [5.74, 6) is 1.60. The second-order valence-electron chi connectivity index (χ2n) is 6.16. The normalized spacial score (nSPS) is 11.8. The fourth-order valence-electron chi connectivity index (χ4n) is 2.23. The van der Waals surface area contributed by atoms with Gasteiger partial charge < -0.3 is 20.7 Å². The second-order valence-corrected chi connectivity index (χ2v) is 6.16. The molecule has 0 aliphatic rings. The summed E-state index contributed by atoms with van der Waals surface area (Å²) in [7, 11) is 3.40. The van der Waals surface area contributed by atoms with Crippen LogP contribution in [0.15, 0.2) is 29.3 Å². The molecule has 1 amide bonds. The number of carbonyl (C=O) groups is 1. The van der Waals surface area contributed by atoms with Gasteiger partial charge in [0.05, 0.1) is 12.5 Å². The SMILES string of the molecule is CCNC(=O)C(C)(C)CNC(=NC)NCCc1ccccc1OC. The van der Waals surface area contributed by atoms with E-state index in [1.807, 2.05) is 39.0 Å². The third-order valence-corrected chi connectivity index (χ3v) is 3.75. The average Bonchev–Trinajstić information content (AvgIpc) is 2.58. The number of aliphatic imine (C=N–C) groups is 1. The predicted octanol–water partition coefficient (Wildman–Crippen LogP) is 1.57. The van der Waals surface area contributed by atoms with Crippen molar-refractivity contribution in [2.75, 3.05) is 33.8 Å². The van der Waals surface area contributed by atoms with Crippen LogP contribution >= 0.6 is 0 Å². The predicted molar refractivity (Wildman–Crippen MR) is 98.5 cm³/mol. The molecular weight excluding hydrogens is 304 g/mol. The van der Waals surface area contributed by atoms with E-state index in [-0.39, 0.29) is 5.91 Å². The maximum atomic E-state index is 12.0. The molecule has 0 aliphatic carbocycles. The lowest BCUT2D eigenvalue weighted by Crippen LogP contribution is -2.48. The van der Waals surface area contributed by atoms with Crippen molar-refractivity contribution < 1.29 is 9.53 Å². The zero-order valence-electron chi connectivity index (χ0n) is 15.4. The van der Waals surface area contributed by atoms with Gasteiger partial charge in [-0.15, -0.1) is 0 Å². The van der Waals surface area contributed by atoms with Gasteiger partial charge in [-0.1, -0.05) is 18.2 Å². The number of nitrogens with zero attached hydrogens (tertiary/aromatic N) is 1. The third kappa shape index (κ3) is 6.10. The van der Waals surface area contributed by atoms with Crippen LogP contribution in [0.5, 0.6) is 5.75 Å². The van der Waals surface area contributed by atoms with Crippen LogP contribution in [0.1, 0.15) is 26.3 Å². The molecule has 0 unspecified atom stereocenters. The van der Waals surface area contributed by atoms with Crippen molar-refractivity contribution in [2.24, 2.45) is 10.4 Å². The van der Waals surface area contributed by atoms with Gasteiger partial charge in [0.2, 0.25) is 5.91 Å². The molecule has 0 spiro atoms. The van der Waals surface area contributed by atoms with Gasteiger partial charge in [-0.25, -0.2) is 0 Å². The molecule has 1 aromatic rings. The molecule has 1 aromatic carbocycles. The van der Waals surface area contributed by atoms with E-state index in [4.69, 9.17) is 4.74 Å². The first-order chi connectivity index (χ1) is 11.4. The van der Waals surface area contributed by atoms with Gasteiger partial charge in [0.25, 0.3) is 0 Å². The molecule has 0 aliphatic heterocycles. The molecule has 6 heteroatoms. The van der Waals surface area contributed by atoms with Gasteiger partial charge in [-0.2, -0.15) is 0 Å². The van der Waals surface area contributed by atoms with Crippen molar-refractivity contribution >= 4 is 11.9 Å². The van der Waals surface area contributed by atoms with E-state index in [0.29, 0.717) is 19.0 Å². The van der Waals surface area contributed by atoms with Crippen LogP contribution in [0.25, 0.3) is 0 Å². The minimum absolute atomic E-state index is 0.0296. The Morgan fingerprint density at radius 1 is 1.21 bits per heavy atom. The van der Waals surface area contributed by atoms with Gasteiger partial charge in [0, 0.05) is 26.7 Å². The number of methoxy groups -OCH3 is 1. The number of rotatable bonds is 8. The topological polar surface area (TPSA) is 74.8 Å². The Morgan fingerprint density at radius 2 is 1.92 bits per heavy atom. The summed E-state index contributed by atoms with van der Waals surface area (Å²) < 4.78 is 5.35. The third-order valence-electron chi connectivity index (χ3n) is 3.75. The lowest BCUT2D eigenvalue weighted by atomic mass is 9.92. The summed E-state index contributed by atoms with van der Waals surface area (Å²) in [6.45, 7) is 7.60. The Bertz CT molecular complexity index is 556. The molecule has 3 N–H and O–H groups in total. The Balaban J connectivity index is 2.47. The van der Waals surface area contributed by atoms with Gasteiger partial charge in [0.15, 0.2) is 5.96 Å². The molecule has 0 bridgehead atoms. The maximum Gasteiger partial charge on any atom is 0.227 e. The molecule has 0 aromatic heterocycles. The number of benzene rings is 1. The number of hydrogen-bond donors (Lipinski definition) is 3. The Kier molecular flexibility index (Phi) is 8.09. The number of hydrogen-bond acceptors (Lipinski definition) is 3. The number of carbonyl (C=O) groups excluding carboxylic acids is 1. The van der Waals surface area contributed by atoms with Crippen molar-refractivity contribution in [2.45, 2.75) is 27.2 Å². The van der Waals surface area contributed by atoms with Crippen molar-refractivity contribution in [1.82, 2.24) is 16.0 Å². The molecule has 0 atom stereocenters. The first kappa shape index (κ1) is 19.8. The maximum absolute atomic E-state index is 12.0.